The Labute approximate surface area is 95.8 Å². The number of amides is 3. The second kappa shape index (κ2) is 5.95. The van der Waals surface area contributed by atoms with Crippen molar-refractivity contribution in [2.75, 3.05) is 18.0 Å². The summed E-state index contributed by atoms with van der Waals surface area (Å²) in [5, 5.41) is 11.1. The van der Waals surface area contributed by atoms with Crippen molar-refractivity contribution in [1.82, 2.24) is 25.8 Å². The summed E-state index contributed by atoms with van der Waals surface area (Å²) < 4.78 is 0. The van der Waals surface area contributed by atoms with Crippen LogP contribution in [0, 0.1) is 0 Å². The first-order valence-electron chi connectivity index (χ1n) is 4.50. The van der Waals surface area contributed by atoms with Gasteiger partial charge < -0.3 is 11.1 Å². The Morgan fingerprint density at radius 3 is 2.88 bits per heavy atom. The van der Waals surface area contributed by atoms with E-state index in [0.29, 0.717) is 11.7 Å². The molecule has 3 amide bonds. The molecule has 0 bridgehead atoms. The van der Waals surface area contributed by atoms with Crippen LogP contribution in [-0.2, 0) is 4.79 Å². The van der Waals surface area contributed by atoms with Crippen LogP contribution >= 0.6 is 11.8 Å². The molecule has 0 unspecified atom stereocenters. The molecule has 1 rings (SSSR count). The molecule has 0 saturated carbocycles. The van der Waals surface area contributed by atoms with Crippen molar-refractivity contribution in [1.29, 1.82) is 0 Å². The largest absolute Gasteiger partial charge is 0.368 e. The van der Waals surface area contributed by atoms with E-state index in [0.717, 1.165) is 11.8 Å². The molecule has 0 radical (unpaired) electrons. The smallest absolute Gasteiger partial charge is 0.321 e. The average molecular weight is 244 g/mol. The number of aromatic nitrogens is 3. The van der Waals surface area contributed by atoms with E-state index in [1.165, 1.54) is 0 Å². The monoisotopic (exact) mass is 244 g/mol. The number of thioether (sulfide) groups is 1. The maximum Gasteiger partial charge on any atom is 0.321 e. The van der Waals surface area contributed by atoms with Crippen molar-refractivity contribution in [2.45, 2.75) is 12.1 Å². The van der Waals surface area contributed by atoms with E-state index in [9.17, 15) is 9.59 Å². The zero-order chi connectivity index (χ0) is 12.0. The highest BCUT2D eigenvalue weighted by molar-refractivity contribution is 7.99. The van der Waals surface area contributed by atoms with Crippen molar-refractivity contribution in [2.24, 2.45) is 0 Å². The maximum atomic E-state index is 11.2. The number of nitrogen functional groups attached to an aromatic ring is 1. The molecule has 0 aromatic carbocycles. The van der Waals surface area contributed by atoms with Gasteiger partial charge >= 0.3 is 6.03 Å². The van der Waals surface area contributed by atoms with Gasteiger partial charge in [-0.25, -0.2) is 9.89 Å². The summed E-state index contributed by atoms with van der Waals surface area (Å²) in [4.78, 5) is 26.0. The SMILES string of the molecule is CCNC(=O)NC(=O)CSc1n[nH]c(N)n1. The molecule has 0 aliphatic carbocycles. The number of rotatable bonds is 4. The van der Waals surface area contributed by atoms with Gasteiger partial charge in [-0.1, -0.05) is 11.8 Å². The highest BCUT2D eigenvalue weighted by Gasteiger charge is 2.09. The lowest BCUT2D eigenvalue weighted by atomic mass is 10.6. The van der Waals surface area contributed by atoms with Crippen molar-refractivity contribution >= 4 is 29.6 Å². The van der Waals surface area contributed by atoms with Crippen LogP contribution in [0.15, 0.2) is 5.16 Å². The molecule has 0 saturated heterocycles. The predicted molar refractivity (Wildman–Crippen MR) is 58.7 cm³/mol. The van der Waals surface area contributed by atoms with Crippen LogP contribution < -0.4 is 16.4 Å². The van der Waals surface area contributed by atoms with E-state index < -0.39 is 11.9 Å². The highest BCUT2D eigenvalue weighted by atomic mass is 32.2. The van der Waals surface area contributed by atoms with Gasteiger partial charge in [-0.2, -0.15) is 4.98 Å². The Morgan fingerprint density at radius 2 is 2.31 bits per heavy atom. The quantitative estimate of drug-likeness (QED) is 0.520. The van der Waals surface area contributed by atoms with E-state index >= 15 is 0 Å². The topological polar surface area (TPSA) is 126 Å². The normalized spacial score (nSPS) is 9.81. The maximum absolute atomic E-state index is 11.2. The molecule has 5 N–H and O–H groups in total. The molecule has 1 aromatic rings. The number of urea groups is 1. The molecule has 0 spiro atoms. The highest BCUT2D eigenvalue weighted by Crippen LogP contribution is 2.11. The molecular weight excluding hydrogens is 232 g/mol. The number of nitrogens with zero attached hydrogens (tertiary/aromatic N) is 2. The standard InChI is InChI=1S/C7H12N6O2S/c1-2-9-6(15)10-4(14)3-16-7-11-5(8)12-13-7/h2-3H2,1H3,(H3,8,11,12,13)(H2,9,10,14,15). The summed E-state index contributed by atoms with van der Waals surface area (Å²) in [6.07, 6.45) is 0. The lowest BCUT2D eigenvalue weighted by molar-refractivity contribution is -0.117. The number of imide groups is 1. The van der Waals surface area contributed by atoms with Crippen LogP contribution in [0.1, 0.15) is 6.92 Å². The fourth-order valence-corrected chi connectivity index (χ4v) is 1.43. The number of hydrogen-bond acceptors (Lipinski definition) is 6. The number of hydrogen-bond donors (Lipinski definition) is 4. The zero-order valence-corrected chi connectivity index (χ0v) is 9.43. The van der Waals surface area contributed by atoms with E-state index in [-0.39, 0.29) is 11.7 Å². The van der Waals surface area contributed by atoms with Gasteiger partial charge in [0.25, 0.3) is 0 Å². The van der Waals surface area contributed by atoms with E-state index in [1.807, 2.05) is 0 Å². The van der Waals surface area contributed by atoms with Gasteiger partial charge in [0.1, 0.15) is 0 Å². The van der Waals surface area contributed by atoms with Crippen molar-refractivity contribution in [3.63, 3.8) is 0 Å². The van der Waals surface area contributed by atoms with Crippen LogP contribution in [0.2, 0.25) is 0 Å². The first kappa shape index (κ1) is 12.3. The van der Waals surface area contributed by atoms with E-state index in [2.05, 4.69) is 25.8 Å². The lowest BCUT2D eigenvalue weighted by Crippen LogP contribution is -2.40. The molecule has 0 atom stereocenters. The molecule has 88 valence electrons. The Bertz CT molecular complexity index is 379. The van der Waals surface area contributed by atoms with Gasteiger partial charge in [-0.3, -0.25) is 10.1 Å². The lowest BCUT2D eigenvalue weighted by Gasteiger charge is -2.02. The Morgan fingerprint density at radius 1 is 1.56 bits per heavy atom. The molecule has 1 heterocycles. The molecule has 0 aliphatic rings. The van der Waals surface area contributed by atoms with Gasteiger partial charge in [0.15, 0.2) is 0 Å². The van der Waals surface area contributed by atoms with Crippen molar-refractivity contribution < 1.29 is 9.59 Å². The first-order chi connectivity index (χ1) is 7.61. The van der Waals surface area contributed by atoms with Crippen LogP contribution in [0.25, 0.3) is 0 Å². The Kier molecular flexibility index (Phi) is 4.58. The molecule has 9 heteroatoms. The van der Waals surface area contributed by atoms with Gasteiger partial charge in [0.05, 0.1) is 5.75 Å². The number of carbonyl (C=O) groups excluding carboxylic acids is 2. The minimum Gasteiger partial charge on any atom is -0.368 e. The Balaban J connectivity index is 2.27. The van der Waals surface area contributed by atoms with E-state index in [4.69, 9.17) is 5.73 Å². The molecule has 0 fully saturated rings. The Hall–Kier alpha value is -1.77. The minimum atomic E-state index is -0.511. The first-order valence-corrected chi connectivity index (χ1v) is 5.48. The summed E-state index contributed by atoms with van der Waals surface area (Å²) in [5.41, 5.74) is 5.30. The molecule has 8 nitrogen and oxygen atoms in total. The number of H-pyrrole nitrogens is 1. The van der Waals surface area contributed by atoms with Gasteiger partial charge in [0.2, 0.25) is 17.0 Å². The number of aromatic amines is 1. The van der Waals surface area contributed by atoms with Crippen molar-refractivity contribution in [3.8, 4) is 0 Å². The summed E-state index contributed by atoms with van der Waals surface area (Å²) in [6.45, 7) is 2.22. The van der Waals surface area contributed by atoms with E-state index in [1.54, 1.807) is 6.92 Å². The molecular formula is C7H12N6O2S. The summed E-state index contributed by atoms with van der Waals surface area (Å²) in [6, 6.07) is -0.511. The molecule has 16 heavy (non-hydrogen) atoms. The summed E-state index contributed by atoms with van der Waals surface area (Å²) in [7, 11) is 0. The third-order valence-electron chi connectivity index (χ3n) is 1.40. The van der Waals surface area contributed by atoms with Crippen LogP contribution in [0.5, 0.6) is 0 Å². The molecule has 1 aromatic heterocycles. The third-order valence-corrected chi connectivity index (χ3v) is 2.25. The van der Waals surface area contributed by atoms with Crippen LogP contribution in [0.3, 0.4) is 0 Å². The van der Waals surface area contributed by atoms with Crippen molar-refractivity contribution in [3.05, 3.63) is 0 Å². The average Bonchev–Trinajstić information content (AvgIpc) is 2.61. The number of nitrogens with two attached hydrogens (primary N) is 1. The van der Waals surface area contributed by atoms with Crippen LogP contribution in [0.4, 0.5) is 10.7 Å². The second-order valence-electron chi connectivity index (χ2n) is 2.70. The zero-order valence-electron chi connectivity index (χ0n) is 8.61. The number of anilines is 1. The third kappa shape index (κ3) is 4.17. The summed E-state index contributed by atoms with van der Waals surface area (Å²) in [5.74, 6) is -0.181. The second-order valence-corrected chi connectivity index (χ2v) is 3.64. The fourth-order valence-electron chi connectivity index (χ4n) is 0.820. The minimum absolute atomic E-state index is 0.0500. The predicted octanol–water partition coefficient (Wildman–Crippen LogP) is -0.675. The van der Waals surface area contributed by atoms with Gasteiger partial charge in [-0.15, -0.1) is 5.10 Å². The molecule has 0 aliphatic heterocycles. The van der Waals surface area contributed by atoms with Crippen LogP contribution in [-0.4, -0.2) is 39.4 Å². The summed E-state index contributed by atoms with van der Waals surface area (Å²) >= 11 is 1.08. The van der Waals surface area contributed by atoms with Gasteiger partial charge in [-0.05, 0) is 6.92 Å². The number of nitrogens with one attached hydrogen (secondary N) is 3. The fraction of sp³-hybridized carbons (Fsp3) is 0.429. The number of carbonyl (C=O) groups is 2. The van der Waals surface area contributed by atoms with Gasteiger partial charge in [0, 0.05) is 6.54 Å².